The summed E-state index contributed by atoms with van der Waals surface area (Å²) < 4.78 is 16.6. The Hall–Kier alpha value is -2.87. The summed E-state index contributed by atoms with van der Waals surface area (Å²) in [4.78, 5) is 24.9. The lowest BCUT2D eigenvalue weighted by Crippen LogP contribution is -2.46. The van der Waals surface area contributed by atoms with Gasteiger partial charge in [0.1, 0.15) is 0 Å². The molecule has 0 spiro atoms. The van der Waals surface area contributed by atoms with E-state index in [1.165, 1.54) is 0 Å². The number of nitrogens with zero attached hydrogens (tertiary/aromatic N) is 3. The van der Waals surface area contributed by atoms with Crippen molar-refractivity contribution in [2.45, 2.75) is 58.8 Å². The summed E-state index contributed by atoms with van der Waals surface area (Å²) in [5.41, 5.74) is 2.57. The first-order valence-corrected chi connectivity index (χ1v) is 11.2. The molecule has 0 bridgehead atoms. The predicted octanol–water partition coefficient (Wildman–Crippen LogP) is 3.26. The van der Waals surface area contributed by atoms with E-state index in [-0.39, 0.29) is 36.4 Å². The average molecular weight is 439 g/mol. The van der Waals surface area contributed by atoms with E-state index in [4.69, 9.17) is 19.2 Å². The van der Waals surface area contributed by atoms with Crippen LogP contribution in [0.2, 0.25) is 0 Å². The summed E-state index contributed by atoms with van der Waals surface area (Å²) in [5.74, 6) is 1.86. The van der Waals surface area contributed by atoms with E-state index in [0.29, 0.717) is 17.1 Å². The van der Waals surface area contributed by atoms with Gasteiger partial charge < -0.3 is 24.4 Å². The molecule has 5 rings (SSSR count). The zero-order valence-corrected chi connectivity index (χ0v) is 19.1. The summed E-state index contributed by atoms with van der Waals surface area (Å²) in [6.07, 6.45) is 3.85. The van der Waals surface area contributed by atoms with Crippen LogP contribution in [0.4, 0.5) is 5.95 Å². The number of anilines is 1. The van der Waals surface area contributed by atoms with E-state index < -0.39 is 0 Å². The van der Waals surface area contributed by atoms with Crippen LogP contribution in [0.15, 0.2) is 24.4 Å². The number of fused-ring (bicyclic) bond motifs is 2. The molecule has 3 aliphatic rings. The van der Waals surface area contributed by atoms with Crippen LogP contribution in [0.25, 0.3) is 0 Å². The second-order valence-corrected chi connectivity index (χ2v) is 9.87. The maximum atomic E-state index is 13.0. The van der Waals surface area contributed by atoms with E-state index in [9.17, 15) is 4.79 Å². The van der Waals surface area contributed by atoms with Gasteiger partial charge in [-0.25, -0.2) is 9.97 Å². The Bertz CT molecular complexity index is 1030. The van der Waals surface area contributed by atoms with E-state index in [1.807, 2.05) is 6.20 Å². The molecule has 3 heterocycles. The monoisotopic (exact) mass is 438 g/mol. The highest BCUT2D eigenvalue weighted by Gasteiger charge is 2.35. The van der Waals surface area contributed by atoms with Crippen LogP contribution < -0.4 is 19.7 Å². The predicted molar refractivity (Wildman–Crippen MR) is 119 cm³/mol. The van der Waals surface area contributed by atoms with Crippen LogP contribution in [0.1, 0.15) is 61.8 Å². The van der Waals surface area contributed by atoms with Gasteiger partial charge in [0.25, 0.3) is 5.91 Å². The third kappa shape index (κ3) is 4.11. The summed E-state index contributed by atoms with van der Waals surface area (Å²) in [6.45, 7) is 10.3. The molecule has 1 aromatic carbocycles. The van der Waals surface area contributed by atoms with Crippen molar-refractivity contribution in [1.82, 2.24) is 15.3 Å². The quantitative estimate of drug-likeness (QED) is 0.787. The molecule has 1 saturated heterocycles. The Labute approximate surface area is 188 Å². The second-order valence-electron chi connectivity index (χ2n) is 9.87. The first-order chi connectivity index (χ1) is 15.3. The molecule has 32 heavy (non-hydrogen) atoms. The molecule has 2 aromatic rings. The fraction of sp³-hybridized carbons (Fsp3) is 0.542. The van der Waals surface area contributed by atoms with Gasteiger partial charge in [0.05, 0.1) is 23.9 Å². The summed E-state index contributed by atoms with van der Waals surface area (Å²) in [5, 5.41) is 3.20. The minimum atomic E-state index is -0.150. The van der Waals surface area contributed by atoms with Crippen molar-refractivity contribution in [2.24, 2.45) is 5.41 Å². The Morgan fingerprint density at radius 2 is 1.91 bits per heavy atom. The zero-order valence-electron chi connectivity index (χ0n) is 19.1. The molecule has 170 valence electrons. The molecule has 1 aromatic heterocycles. The van der Waals surface area contributed by atoms with Gasteiger partial charge in [-0.05, 0) is 50.3 Å². The summed E-state index contributed by atoms with van der Waals surface area (Å²) in [7, 11) is 0. The molecule has 0 saturated carbocycles. The van der Waals surface area contributed by atoms with Gasteiger partial charge in [-0.2, -0.15) is 0 Å². The number of amides is 1. The Morgan fingerprint density at radius 3 is 2.69 bits per heavy atom. The highest BCUT2D eigenvalue weighted by Crippen LogP contribution is 2.40. The Morgan fingerprint density at radius 1 is 1.16 bits per heavy atom. The molecule has 2 aliphatic heterocycles. The molecule has 1 N–H and O–H groups in total. The highest BCUT2D eigenvalue weighted by atomic mass is 16.7. The number of morpholine rings is 1. The van der Waals surface area contributed by atoms with Crippen molar-refractivity contribution in [3.63, 3.8) is 0 Å². The molecule has 1 aliphatic carbocycles. The third-order valence-electron chi connectivity index (χ3n) is 6.31. The lowest BCUT2D eigenvalue weighted by Gasteiger charge is -2.38. The molecule has 0 radical (unpaired) electrons. The largest absolute Gasteiger partial charge is 0.454 e. The van der Waals surface area contributed by atoms with Gasteiger partial charge in [0.15, 0.2) is 11.5 Å². The van der Waals surface area contributed by atoms with Crippen LogP contribution in [0.5, 0.6) is 11.5 Å². The van der Waals surface area contributed by atoms with Gasteiger partial charge in [-0.3, -0.25) is 4.79 Å². The van der Waals surface area contributed by atoms with E-state index >= 15 is 0 Å². The number of hydrogen-bond acceptors (Lipinski definition) is 7. The minimum absolute atomic E-state index is 0.0110. The summed E-state index contributed by atoms with van der Waals surface area (Å²) >= 11 is 0. The lowest BCUT2D eigenvalue weighted by molar-refractivity contribution is -0.00575. The Kier molecular flexibility index (Phi) is 5.20. The van der Waals surface area contributed by atoms with E-state index in [1.54, 1.807) is 18.2 Å². The van der Waals surface area contributed by atoms with Gasteiger partial charge >= 0.3 is 0 Å². The van der Waals surface area contributed by atoms with Crippen LogP contribution >= 0.6 is 0 Å². The number of carbonyl (C=O) groups is 1. The van der Waals surface area contributed by atoms with E-state index in [0.717, 1.165) is 43.1 Å². The number of nitrogens with one attached hydrogen (secondary N) is 1. The van der Waals surface area contributed by atoms with Crippen LogP contribution in [0.3, 0.4) is 0 Å². The van der Waals surface area contributed by atoms with Gasteiger partial charge in [0.2, 0.25) is 12.7 Å². The van der Waals surface area contributed by atoms with Crippen molar-refractivity contribution >= 4 is 11.9 Å². The topological polar surface area (TPSA) is 85.8 Å². The highest BCUT2D eigenvalue weighted by molar-refractivity contribution is 5.95. The standard InChI is InChI=1S/C24H30N4O4/c1-14-11-28(12-15(2)32-14)23-25-10-17-18(8-24(3,4)9-19(17)27-23)26-22(29)16-5-6-20-21(7-16)31-13-30-20/h5-7,10,14-15,18H,8-9,11-13H2,1-4H3,(H,26,29)/t14-,15-,18+/m1/s1. The third-order valence-corrected chi connectivity index (χ3v) is 6.31. The fourth-order valence-electron chi connectivity index (χ4n) is 4.94. The molecule has 8 nitrogen and oxygen atoms in total. The minimum Gasteiger partial charge on any atom is -0.454 e. The lowest BCUT2D eigenvalue weighted by atomic mass is 9.74. The molecule has 0 unspecified atom stereocenters. The van der Waals surface area contributed by atoms with Crippen LogP contribution in [-0.2, 0) is 11.2 Å². The number of aromatic nitrogens is 2. The average Bonchev–Trinajstić information content (AvgIpc) is 3.19. The summed E-state index contributed by atoms with van der Waals surface area (Å²) in [6, 6.07) is 5.11. The van der Waals surface area contributed by atoms with Crippen molar-refractivity contribution in [3.8, 4) is 11.5 Å². The van der Waals surface area contributed by atoms with Crippen LogP contribution in [-0.4, -0.2) is 48.0 Å². The SMILES string of the molecule is C[C@@H]1CN(c2ncc3c(n2)CC(C)(C)C[C@@H]3NC(=O)c2ccc3c(c2)OCO3)C[C@@H](C)O1. The normalized spacial score (nSPS) is 25.9. The van der Waals surface area contributed by atoms with Gasteiger partial charge in [-0.15, -0.1) is 0 Å². The second kappa shape index (κ2) is 7.92. The van der Waals surface area contributed by atoms with Gasteiger partial charge in [-0.1, -0.05) is 13.8 Å². The number of hydrogen-bond donors (Lipinski definition) is 1. The number of benzene rings is 1. The molecule has 1 fully saturated rings. The van der Waals surface area contributed by atoms with Crippen molar-refractivity contribution in [2.75, 3.05) is 24.8 Å². The van der Waals surface area contributed by atoms with Crippen molar-refractivity contribution in [3.05, 3.63) is 41.2 Å². The maximum Gasteiger partial charge on any atom is 0.251 e. The van der Waals surface area contributed by atoms with Crippen molar-refractivity contribution in [1.29, 1.82) is 0 Å². The smallest absolute Gasteiger partial charge is 0.251 e. The maximum absolute atomic E-state index is 13.0. The number of ether oxygens (including phenoxy) is 3. The first-order valence-electron chi connectivity index (χ1n) is 11.2. The molecular formula is C24H30N4O4. The molecular weight excluding hydrogens is 408 g/mol. The first kappa shape index (κ1) is 21.0. The van der Waals surface area contributed by atoms with Crippen molar-refractivity contribution < 1.29 is 19.0 Å². The molecule has 3 atom stereocenters. The molecule has 1 amide bonds. The Balaban J connectivity index is 1.39. The number of carbonyl (C=O) groups excluding carboxylic acids is 1. The van der Waals surface area contributed by atoms with Gasteiger partial charge in [0, 0.05) is 30.4 Å². The fourth-order valence-corrected chi connectivity index (χ4v) is 4.94. The van der Waals surface area contributed by atoms with E-state index in [2.05, 4.69) is 42.9 Å². The van der Waals surface area contributed by atoms with Crippen LogP contribution in [0, 0.1) is 5.41 Å². The molecule has 8 heteroatoms. The zero-order chi connectivity index (χ0) is 22.5. The number of rotatable bonds is 3.